The molecule has 6 amide bonds. The molecular weight excluding hydrogens is 849 g/mol. The minimum atomic E-state index is -0.807. The van der Waals surface area contributed by atoms with Gasteiger partial charge in [-0.15, -0.1) is 0 Å². The largest absolute Gasteiger partial charge is 0.453 e. The number of methoxy groups -OCH3 is 2. The van der Waals surface area contributed by atoms with Gasteiger partial charge in [-0.05, 0) is 163 Å². The summed E-state index contributed by atoms with van der Waals surface area (Å²) in [6.07, 6.45) is 13.1. The van der Waals surface area contributed by atoms with Gasteiger partial charge >= 0.3 is 12.2 Å². The number of alkyl carbamates (subject to hydrolysis) is 2. The van der Waals surface area contributed by atoms with Crippen LogP contribution in [0.15, 0.2) is 60.7 Å². The van der Waals surface area contributed by atoms with Crippen LogP contribution in [0.5, 0.6) is 0 Å². The third-order valence-corrected chi connectivity index (χ3v) is 15.4. The number of amides is 6. The fourth-order valence-corrected chi connectivity index (χ4v) is 11.9. The Morgan fingerprint density at radius 3 is 1.76 bits per heavy atom. The highest BCUT2D eigenvalue weighted by atomic mass is 16.5. The second-order valence-corrected chi connectivity index (χ2v) is 20.2. The normalized spacial score (nSPS) is 26.6. The van der Waals surface area contributed by atoms with E-state index in [1.54, 1.807) is 9.80 Å². The van der Waals surface area contributed by atoms with Gasteiger partial charge in [0.2, 0.25) is 23.6 Å². The number of benzene rings is 2. The van der Waals surface area contributed by atoms with E-state index in [0.29, 0.717) is 68.1 Å². The smallest absolute Gasteiger partial charge is 0.407 e. The number of ether oxygens (including phenoxy) is 2. The van der Waals surface area contributed by atoms with E-state index in [4.69, 9.17) is 9.47 Å². The molecule has 4 unspecified atom stereocenters. The fourth-order valence-electron chi connectivity index (χ4n) is 11.9. The lowest BCUT2D eigenvalue weighted by atomic mass is 9.82. The first-order valence-corrected chi connectivity index (χ1v) is 24.5. The molecule has 4 N–H and O–H groups in total. The molecule has 6 aliphatic rings. The van der Waals surface area contributed by atoms with Crippen molar-refractivity contribution in [3.05, 3.63) is 83.0 Å². The predicted octanol–water partition coefficient (Wildman–Crippen LogP) is 8.51. The first kappa shape index (κ1) is 47.6. The molecule has 14 heteroatoms. The average Bonchev–Trinajstić information content (AvgIpc) is 4.19. The number of nitrogens with one attached hydrogen (secondary N) is 4. The maximum Gasteiger partial charge on any atom is 0.407 e. The monoisotopic (exact) mass is 917 g/mol. The predicted molar refractivity (Wildman–Crippen MR) is 258 cm³/mol. The Kier molecular flexibility index (Phi) is 14.3. The zero-order valence-corrected chi connectivity index (χ0v) is 40.0. The molecular formula is C53H68N6O8. The molecule has 2 aromatic carbocycles. The van der Waals surface area contributed by atoms with E-state index in [1.807, 2.05) is 52.0 Å². The highest BCUT2D eigenvalue weighted by Crippen LogP contribution is 2.58. The van der Waals surface area contributed by atoms with Gasteiger partial charge in [-0.25, -0.2) is 9.59 Å². The molecule has 2 heterocycles. The Bertz CT molecular complexity index is 2350. The zero-order valence-electron chi connectivity index (χ0n) is 40.0. The third kappa shape index (κ3) is 9.76. The van der Waals surface area contributed by atoms with Gasteiger partial charge in [0.15, 0.2) is 0 Å². The van der Waals surface area contributed by atoms with Gasteiger partial charge in [0.25, 0.3) is 0 Å². The minimum Gasteiger partial charge on any atom is -0.453 e. The number of carbonyl (C=O) groups excluding carboxylic acids is 6. The van der Waals surface area contributed by atoms with Crippen molar-refractivity contribution in [1.82, 2.24) is 20.4 Å². The third-order valence-electron chi connectivity index (χ3n) is 15.4. The number of hydrogen-bond donors (Lipinski definition) is 4. The van der Waals surface area contributed by atoms with Crippen molar-refractivity contribution in [2.24, 2.45) is 23.7 Å². The lowest BCUT2D eigenvalue weighted by Crippen LogP contribution is -2.54. The summed E-state index contributed by atoms with van der Waals surface area (Å²) in [5.74, 6) is 0.262. The van der Waals surface area contributed by atoms with E-state index >= 15 is 0 Å². The number of likely N-dealkylation sites (tertiary alicyclic amines) is 2. The van der Waals surface area contributed by atoms with Crippen molar-refractivity contribution < 1.29 is 38.2 Å². The Hall–Kier alpha value is -5.92. The van der Waals surface area contributed by atoms with E-state index in [9.17, 15) is 28.8 Å². The molecule has 67 heavy (non-hydrogen) atoms. The van der Waals surface area contributed by atoms with E-state index in [2.05, 4.69) is 52.1 Å². The van der Waals surface area contributed by atoms with Gasteiger partial charge < -0.3 is 40.5 Å². The topological polar surface area (TPSA) is 175 Å². The maximum absolute atomic E-state index is 14.2. The number of carbonyl (C=O) groups is 6. The van der Waals surface area contributed by atoms with Gasteiger partial charge in [0.05, 0.1) is 14.2 Å². The van der Waals surface area contributed by atoms with Crippen molar-refractivity contribution in [2.45, 2.75) is 134 Å². The van der Waals surface area contributed by atoms with E-state index in [-0.39, 0.29) is 35.5 Å². The molecule has 4 bridgehead atoms. The summed E-state index contributed by atoms with van der Waals surface area (Å²) < 4.78 is 9.55. The lowest BCUT2D eigenvalue weighted by molar-refractivity contribution is -0.139. The van der Waals surface area contributed by atoms with Crippen molar-refractivity contribution in [3.8, 4) is 0 Å². The summed E-state index contributed by atoms with van der Waals surface area (Å²) in [6.45, 7) is 13.0. The van der Waals surface area contributed by atoms with Crippen molar-refractivity contribution in [3.63, 3.8) is 0 Å². The summed E-state index contributed by atoms with van der Waals surface area (Å²) >= 11 is 0. The summed E-state index contributed by atoms with van der Waals surface area (Å²) in [7, 11) is 2.53. The molecule has 0 spiro atoms. The van der Waals surface area contributed by atoms with Crippen LogP contribution in [0.2, 0.25) is 0 Å². The summed E-state index contributed by atoms with van der Waals surface area (Å²) in [4.78, 5) is 82.6. The first-order chi connectivity index (χ1) is 32.2. The Morgan fingerprint density at radius 1 is 0.642 bits per heavy atom. The zero-order chi connectivity index (χ0) is 47.7. The number of fused-ring (bicyclic) bond motifs is 7. The highest BCUT2D eigenvalue weighted by molar-refractivity contribution is 6.01. The molecule has 2 saturated heterocycles. The van der Waals surface area contributed by atoms with Crippen LogP contribution < -0.4 is 21.3 Å². The number of rotatable bonds is 12. The van der Waals surface area contributed by atoms with Gasteiger partial charge in [-0.2, -0.15) is 0 Å². The Balaban J connectivity index is 1.02. The molecule has 0 aromatic heterocycles. The molecule has 8 rings (SSSR count). The number of allylic oxidation sites excluding steroid dienone is 5. The molecule has 358 valence electrons. The lowest BCUT2D eigenvalue weighted by Gasteiger charge is -2.30. The van der Waals surface area contributed by atoms with Crippen LogP contribution in [0.4, 0.5) is 21.0 Å². The van der Waals surface area contributed by atoms with Gasteiger partial charge in [-0.1, -0.05) is 64.6 Å². The van der Waals surface area contributed by atoms with Crippen LogP contribution in [0.25, 0.3) is 11.1 Å². The van der Waals surface area contributed by atoms with Gasteiger partial charge in [0, 0.05) is 24.5 Å². The van der Waals surface area contributed by atoms with E-state index in [1.165, 1.54) is 36.5 Å². The van der Waals surface area contributed by atoms with Gasteiger partial charge in [0.1, 0.15) is 24.2 Å². The molecule has 4 aliphatic carbocycles. The molecule has 2 saturated carbocycles. The summed E-state index contributed by atoms with van der Waals surface area (Å²) in [6, 6.07) is 9.27. The SMILES string of the molecule is C=C1/C(c2ccc(NC(=O)[C@@H]3CCCN3C(=O)[C@@H](NC(=O)OC)C(C)C)cc2)=C\C=C(\c2ccc(NC(=O)[C@@H]3CCCN3C(=O)[C@@H](NC(=O)OC)C(C)C)c3c2C2CCC3C2)CC2CCC1C2. The molecule has 2 aliphatic heterocycles. The van der Waals surface area contributed by atoms with Crippen LogP contribution in [-0.2, 0) is 28.7 Å². The first-order valence-electron chi connectivity index (χ1n) is 24.5. The van der Waals surface area contributed by atoms with Crippen LogP contribution >= 0.6 is 0 Å². The minimum absolute atomic E-state index is 0.188. The van der Waals surface area contributed by atoms with Crippen molar-refractivity contribution in [1.29, 1.82) is 0 Å². The van der Waals surface area contributed by atoms with E-state index in [0.717, 1.165) is 67.3 Å². The summed E-state index contributed by atoms with van der Waals surface area (Å²) in [5.41, 5.74) is 9.84. The fraction of sp³-hybridized carbons (Fsp3) is 0.547. The van der Waals surface area contributed by atoms with Crippen LogP contribution in [0.1, 0.15) is 132 Å². The Labute approximate surface area is 394 Å². The number of nitrogens with zero attached hydrogens (tertiary/aromatic N) is 2. The van der Waals surface area contributed by atoms with Gasteiger partial charge in [-0.3, -0.25) is 19.2 Å². The average molecular weight is 917 g/mol. The summed E-state index contributed by atoms with van der Waals surface area (Å²) in [5, 5.41) is 11.7. The van der Waals surface area contributed by atoms with Crippen LogP contribution in [0, 0.1) is 23.7 Å². The van der Waals surface area contributed by atoms with Crippen molar-refractivity contribution >= 4 is 58.3 Å². The molecule has 14 nitrogen and oxygen atoms in total. The second-order valence-electron chi connectivity index (χ2n) is 20.2. The van der Waals surface area contributed by atoms with E-state index < -0.39 is 36.4 Å². The molecule has 8 atom stereocenters. The van der Waals surface area contributed by atoms with Crippen LogP contribution in [-0.4, -0.2) is 97.1 Å². The quantitative estimate of drug-likeness (QED) is 0.164. The highest BCUT2D eigenvalue weighted by Gasteiger charge is 2.44. The molecule has 2 aromatic rings. The van der Waals surface area contributed by atoms with Crippen molar-refractivity contribution in [2.75, 3.05) is 37.9 Å². The standard InChI is InChI=1S/C53H68N6O8/c1-29(2)46(56-52(64)66-6)50(62)58-24-8-10-42(58)48(60)54-38-19-16-33(17-20-38)39-21-18-35(27-32-12-13-34(26-32)31(39)5)40-22-23-41(45-37-15-14-36(28-37)44(40)45)55-49(61)43-11-9-25-59(43)51(63)47(30(3)4)57-53(65)67-7/h16-23,29-30,32,34,36-37,42-43,46-47H,5,8-15,24-28H2,1-4,6-7H3,(H,54,60)(H,55,61)(H,56,64)(H,57,65)/b35-18+,39-21+/t32?,34?,36?,37?,42-,43-,46-,47-/m0/s1. The molecule has 4 fully saturated rings. The number of hydrogen-bond acceptors (Lipinski definition) is 8. The number of anilines is 2. The maximum atomic E-state index is 14.2. The molecule has 0 radical (unpaired) electrons. The van der Waals surface area contributed by atoms with Crippen LogP contribution in [0.3, 0.4) is 0 Å². The second kappa shape index (κ2) is 20.1. The Morgan fingerprint density at radius 2 is 1.19 bits per heavy atom.